The summed E-state index contributed by atoms with van der Waals surface area (Å²) < 4.78 is 10.9. The molecule has 1 spiro atoms. The lowest BCUT2D eigenvalue weighted by molar-refractivity contribution is -0.139. The zero-order chi connectivity index (χ0) is 17.3. The fourth-order valence-electron chi connectivity index (χ4n) is 3.64. The van der Waals surface area contributed by atoms with Crippen LogP contribution in [0.25, 0.3) is 0 Å². The van der Waals surface area contributed by atoms with Crippen LogP contribution in [-0.4, -0.2) is 53.8 Å². The number of nitrogens with zero attached hydrogens (tertiary/aromatic N) is 1. The molecular formula is C18H23NO5. The monoisotopic (exact) mass is 333 g/mol. The van der Waals surface area contributed by atoms with Gasteiger partial charge in [0.25, 0.3) is 5.91 Å². The predicted molar refractivity (Wildman–Crippen MR) is 87.5 cm³/mol. The first kappa shape index (κ1) is 16.8. The van der Waals surface area contributed by atoms with E-state index in [1.165, 1.54) is 0 Å². The fourth-order valence-corrected chi connectivity index (χ4v) is 3.64. The average Bonchev–Trinajstić information content (AvgIpc) is 2.51. The summed E-state index contributed by atoms with van der Waals surface area (Å²) in [5, 5.41) is 8.76. The van der Waals surface area contributed by atoms with Gasteiger partial charge >= 0.3 is 5.97 Å². The van der Waals surface area contributed by atoms with Gasteiger partial charge in [0.05, 0.1) is 18.8 Å². The SMILES string of the molecule is Cc1cc(C(=O)N2CCOCC23CCC3)cc(C)c1OCC(=O)O. The number of hydrogen-bond acceptors (Lipinski definition) is 4. The summed E-state index contributed by atoms with van der Waals surface area (Å²) in [6, 6.07) is 3.57. The van der Waals surface area contributed by atoms with E-state index in [-0.39, 0.29) is 18.1 Å². The number of aryl methyl sites for hydroxylation is 2. The number of aliphatic carboxylic acids is 1. The minimum Gasteiger partial charge on any atom is -0.481 e. The van der Waals surface area contributed by atoms with Crippen molar-refractivity contribution in [1.82, 2.24) is 4.90 Å². The number of hydrogen-bond donors (Lipinski definition) is 1. The minimum absolute atomic E-state index is 0.0222. The van der Waals surface area contributed by atoms with Crippen molar-refractivity contribution in [3.8, 4) is 5.75 Å². The molecule has 1 saturated carbocycles. The first-order chi connectivity index (χ1) is 11.4. The quantitative estimate of drug-likeness (QED) is 0.914. The molecule has 0 bridgehead atoms. The summed E-state index contributed by atoms with van der Waals surface area (Å²) in [5.41, 5.74) is 2.04. The first-order valence-corrected chi connectivity index (χ1v) is 8.28. The molecule has 1 heterocycles. The number of amides is 1. The van der Waals surface area contributed by atoms with Crippen LogP contribution in [0, 0.1) is 13.8 Å². The van der Waals surface area contributed by atoms with E-state index >= 15 is 0 Å². The molecule has 1 amide bonds. The number of rotatable bonds is 4. The highest BCUT2D eigenvalue weighted by atomic mass is 16.5. The lowest BCUT2D eigenvalue weighted by Crippen LogP contribution is -2.62. The average molecular weight is 333 g/mol. The van der Waals surface area contributed by atoms with E-state index in [0.717, 1.165) is 30.4 Å². The molecule has 6 heteroatoms. The van der Waals surface area contributed by atoms with Crippen molar-refractivity contribution < 1.29 is 24.2 Å². The highest BCUT2D eigenvalue weighted by Gasteiger charge is 2.47. The maximum atomic E-state index is 13.0. The van der Waals surface area contributed by atoms with E-state index in [1.54, 1.807) is 12.1 Å². The Morgan fingerprint density at radius 2 is 1.96 bits per heavy atom. The summed E-state index contributed by atoms with van der Waals surface area (Å²) in [6.45, 7) is 5.09. The van der Waals surface area contributed by atoms with Crippen molar-refractivity contribution in [2.24, 2.45) is 0 Å². The minimum atomic E-state index is -1.02. The van der Waals surface area contributed by atoms with Gasteiger partial charge in [0.15, 0.2) is 6.61 Å². The van der Waals surface area contributed by atoms with Gasteiger partial charge in [0, 0.05) is 12.1 Å². The number of morpholine rings is 1. The fraction of sp³-hybridized carbons (Fsp3) is 0.556. The Labute approximate surface area is 141 Å². The third kappa shape index (κ3) is 2.98. The summed E-state index contributed by atoms with van der Waals surface area (Å²) in [6.07, 6.45) is 3.13. The number of carboxylic acids is 1. The molecule has 1 N–H and O–H groups in total. The summed E-state index contributed by atoms with van der Waals surface area (Å²) in [5.74, 6) is -0.461. The predicted octanol–water partition coefficient (Wildman–Crippen LogP) is 2.16. The van der Waals surface area contributed by atoms with Crippen molar-refractivity contribution in [3.63, 3.8) is 0 Å². The Morgan fingerprint density at radius 1 is 1.29 bits per heavy atom. The molecule has 1 saturated heterocycles. The van der Waals surface area contributed by atoms with Crippen molar-refractivity contribution in [2.45, 2.75) is 38.6 Å². The molecule has 6 nitrogen and oxygen atoms in total. The van der Waals surface area contributed by atoms with Gasteiger partial charge in [0.2, 0.25) is 0 Å². The molecule has 1 aliphatic heterocycles. The molecular weight excluding hydrogens is 310 g/mol. The van der Waals surface area contributed by atoms with Gasteiger partial charge in [-0.3, -0.25) is 4.79 Å². The molecule has 0 atom stereocenters. The Hall–Kier alpha value is -2.08. The Kier molecular flexibility index (Phi) is 4.49. The molecule has 1 aliphatic carbocycles. The molecule has 0 aromatic heterocycles. The molecule has 0 unspecified atom stereocenters. The van der Waals surface area contributed by atoms with Crippen LogP contribution in [0.4, 0.5) is 0 Å². The third-order valence-corrected chi connectivity index (χ3v) is 4.98. The Morgan fingerprint density at radius 3 is 2.50 bits per heavy atom. The smallest absolute Gasteiger partial charge is 0.341 e. The number of benzene rings is 1. The topological polar surface area (TPSA) is 76.1 Å². The maximum absolute atomic E-state index is 13.0. The standard InChI is InChI=1S/C18H23NO5/c1-12-8-14(9-13(2)16(12)24-10-15(20)21)17(22)19-6-7-23-11-18(19)4-3-5-18/h8-9H,3-7,10-11H2,1-2H3,(H,20,21). The van der Waals surface area contributed by atoms with Crippen LogP contribution < -0.4 is 4.74 Å². The second-order valence-corrected chi connectivity index (χ2v) is 6.71. The van der Waals surface area contributed by atoms with Crippen LogP contribution in [0.15, 0.2) is 12.1 Å². The third-order valence-electron chi connectivity index (χ3n) is 4.98. The van der Waals surface area contributed by atoms with E-state index in [1.807, 2.05) is 18.7 Å². The molecule has 1 aromatic carbocycles. The lowest BCUT2D eigenvalue weighted by Gasteiger charge is -2.52. The zero-order valence-electron chi connectivity index (χ0n) is 14.1. The molecule has 2 fully saturated rings. The van der Waals surface area contributed by atoms with Gasteiger partial charge in [-0.2, -0.15) is 0 Å². The number of carbonyl (C=O) groups is 2. The van der Waals surface area contributed by atoms with Crippen molar-refractivity contribution in [2.75, 3.05) is 26.4 Å². The molecule has 1 aromatic rings. The van der Waals surface area contributed by atoms with E-state index in [4.69, 9.17) is 14.6 Å². The number of carboxylic acid groups (broad SMARTS) is 1. The largest absolute Gasteiger partial charge is 0.481 e. The first-order valence-electron chi connectivity index (χ1n) is 8.28. The van der Waals surface area contributed by atoms with Crippen LogP contribution >= 0.6 is 0 Å². The molecule has 130 valence electrons. The number of ether oxygens (including phenoxy) is 2. The lowest BCUT2D eigenvalue weighted by atomic mass is 9.75. The molecule has 24 heavy (non-hydrogen) atoms. The van der Waals surface area contributed by atoms with E-state index in [0.29, 0.717) is 31.1 Å². The highest BCUT2D eigenvalue weighted by Crippen LogP contribution is 2.40. The van der Waals surface area contributed by atoms with Gasteiger partial charge in [-0.15, -0.1) is 0 Å². The van der Waals surface area contributed by atoms with Crippen LogP contribution in [0.2, 0.25) is 0 Å². The maximum Gasteiger partial charge on any atom is 0.341 e. The molecule has 0 radical (unpaired) electrons. The second-order valence-electron chi connectivity index (χ2n) is 6.71. The van der Waals surface area contributed by atoms with E-state index in [9.17, 15) is 9.59 Å². The normalized spacial score (nSPS) is 19.0. The van der Waals surface area contributed by atoms with Gasteiger partial charge in [-0.05, 0) is 56.4 Å². The van der Waals surface area contributed by atoms with Crippen LogP contribution in [0.5, 0.6) is 5.75 Å². The molecule has 2 aliphatic rings. The zero-order valence-corrected chi connectivity index (χ0v) is 14.1. The summed E-state index contributed by atoms with van der Waals surface area (Å²) >= 11 is 0. The van der Waals surface area contributed by atoms with Crippen molar-refractivity contribution >= 4 is 11.9 Å². The number of carbonyl (C=O) groups excluding carboxylic acids is 1. The Bertz CT molecular complexity index is 642. The van der Waals surface area contributed by atoms with E-state index in [2.05, 4.69) is 0 Å². The highest BCUT2D eigenvalue weighted by molar-refractivity contribution is 5.95. The van der Waals surface area contributed by atoms with Crippen molar-refractivity contribution in [1.29, 1.82) is 0 Å². The van der Waals surface area contributed by atoms with Gasteiger partial charge in [0.1, 0.15) is 5.75 Å². The Balaban J connectivity index is 1.83. The summed E-state index contributed by atoms with van der Waals surface area (Å²) in [4.78, 5) is 25.7. The van der Waals surface area contributed by atoms with Gasteiger partial charge < -0.3 is 19.5 Å². The van der Waals surface area contributed by atoms with Crippen LogP contribution in [0.1, 0.15) is 40.7 Å². The second kappa shape index (κ2) is 6.43. The summed E-state index contributed by atoms with van der Waals surface area (Å²) in [7, 11) is 0. The van der Waals surface area contributed by atoms with E-state index < -0.39 is 5.97 Å². The molecule has 3 rings (SSSR count). The van der Waals surface area contributed by atoms with Crippen LogP contribution in [-0.2, 0) is 9.53 Å². The van der Waals surface area contributed by atoms with Gasteiger partial charge in [-0.1, -0.05) is 0 Å². The van der Waals surface area contributed by atoms with Gasteiger partial charge in [-0.25, -0.2) is 4.79 Å². The van der Waals surface area contributed by atoms with Crippen molar-refractivity contribution in [3.05, 3.63) is 28.8 Å². The van der Waals surface area contributed by atoms with Crippen LogP contribution in [0.3, 0.4) is 0 Å².